The van der Waals surface area contributed by atoms with Gasteiger partial charge in [-0.2, -0.15) is 0 Å². The zero-order chi connectivity index (χ0) is 13.1. The Morgan fingerprint density at radius 2 is 1.69 bits per heavy atom. The molecule has 0 bridgehead atoms. The minimum absolute atomic E-state index is 0.0191. The summed E-state index contributed by atoms with van der Waals surface area (Å²) in [6.07, 6.45) is 0. The molecule has 0 fully saturated rings. The predicted octanol–water partition coefficient (Wildman–Crippen LogP) is 0.585. The molecule has 1 amide bonds. The molecule has 2 atom stereocenters. The van der Waals surface area contributed by atoms with Crippen LogP contribution >= 0.6 is 0 Å². The number of carboxylic acid groups (broad SMARTS) is 1. The third kappa shape index (κ3) is 4.18. The highest BCUT2D eigenvalue weighted by molar-refractivity contribution is 5.87. The summed E-state index contributed by atoms with van der Waals surface area (Å²) in [5.74, 6) is -1.48. The Balaban J connectivity index is 4.67. The van der Waals surface area contributed by atoms with Gasteiger partial charge in [-0.1, -0.05) is 34.6 Å². The van der Waals surface area contributed by atoms with Gasteiger partial charge in [0.05, 0.1) is 6.04 Å². The number of hydrogen-bond donors (Lipinski definition) is 3. The lowest BCUT2D eigenvalue weighted by Gasteiger charge is -2.29. The Morgan fingerprint density at radius 1 is 1.25 bits per heavy atom. The van der Waals surface area contributed by atoms with Crippen LogP contribution in [0.5, 0.6) is 0 Å². The van der Waals surface area contributed by atoms with Crippen LogP contribution in [0.25, 0.3) is 0 Å². The number of carboxylic acids is 1. The van der Waals surface area contributed by atoms with E-state index in [1.807, 2.05) is 13.8 Å². The van der Waals surface area contributed by atoms with Crippen molar-refractivity contribution in [3.05, 3.63) is 0 Å². The molecular weight excluding hydrogens is 208 g/mol. The second-order valence-corrected chi connectivity index (χ2v) is 5.42. The highest BCUT2D eigenvalue weighted by Gasteiger charge is 2.34. The van der Waals surface area contributed by atoms with Crippen molar-refractivity contribution in [3.8, 4) is 0 Å². The average molecular weight is 230 g/mol. The van der Waals surface area contributed by atoms with Gasteiger partial charge in [-0.25, -0.2) is 4.79 Å². The molecule has 0 heterocycles. The van der Waals surface area contributed by atoms with Gasteiger partial charge in [0.15, 0.2) is 0 Å². The highest BCUT2D eigenvalue weighted by Crippen LogP contribution is 2.19. The molecule has 0 saturated carbocycles. The zero-order valence-electron chi connectivity index (χ0n) is 10.6. The molecule has 4 N–H and O–H groups in total. The first-order valence-electron chi connectivity index (χ1n) is 5.36. The maximum atomic E-state index is 11.6. The fourth-order valence-corrected chi connectivity index (χ4v) is 1.19. The van der Waals surface area contributed by atoms with Crippen LogP contribution in [0.4, 0.5) is 0 Å². The Morgan fingerprint density at radius 3 is 1.94 bits per heavy atom. The third-order valence-electron chi connectivity index (χ3n) is 2.42. The molecule has 0 unspecified atom stereocenters. The number of carbonyl (C=O) groups is 2. The van der Waals surface area contributed by atoms with Gasteiger partial charge < -0.3 is 16.2 Å². The first kappa shape index (κ1) is 14.9. The van der Waals surface area contributed by atoms with Gasteiger partial charge in [0.2, 0.25) is 5.91 Å². The van der Waals surface area contributed by atoms with Crippen molar-refractivity contribution in [2.75, 3.05) is 0 Å². The van der Waals surface area contributed by atoms with Gasteiger partial charge in [0.1, 0.15) is 6.04 Å². The minimum atomic E-state index is -1.04. The monoisotopic (exact) mass is 230 g/mol. The maximum absolute atomic E-state index is 11.6. The van der Waals surface area contributed by atoms with Gasteiger partial charge in [0.25, 0.3) is 0 Å². The van der Waals surface area contributed by atoms with Crippen molar-refractivity contribution in [1.29, 1.82) is 0 Å². The fraction of sp³-hybridized carbons (Fsp3) is 0.818. The Kier molecular flexibility index (Phi) is 4.93. The van der Waals surface area contributed by atoms with E-state index < -0.39 is 29.4 Å². The number of carbonyl (C=O) groups excluding carboxylic acids is 1. The molecule has 5 heteroatoms. The fourth-order valence-electron chi connectivity index (χ4n) is 1.19. The quantitative estimate of drug-likeness (QED) is 0.659. The van der Waals surface area contributed by atoms with Crippen LogP contribution < -0.4 is 11.1 Å². The minimum Gasteiger partial charge on any atom is -0.480 e. The summed E-state index contributed by atoms with van der Waals surface area (Å²) in [6.45, 7) is 8.90. The van der Waals surface area contributed by atoms with Crippen LogP contribution in [-0.2, 0) is 9.59 Å². The van der Waals surface area contributed by atoms with E-state index >= 15 is 0 Å². The number of nitrogens with one attached hydrogen (secondary N) is 1. The molecule has 5 nitrogen and oxygen atoms in total. The SMILES string of the molecule is CC(C)[C@@H](N)C(=O)N[C@@H](C(=O)O)C(C)(C)C. The molecule has 0 radical (unpaired) electrons. The van der Waals surface area contributed by atoms with Gasteiger partial charge in [-0.15, -0.1) is 0 Å². The number of hydrogen-bond acceptors (Lipinski definition) is 3. The van der Waals surface area contributed by atoms with E-state index in [4.69, 9.17) is 10.8 Å². The van der Waals surface area contributed by atoms with E-state index in [-0.39, 0.29) is 5.92 Å². The van der Waals surface area contributed by atoms with E-state index in [1.54, 1.807) is 20.8 Å². The largest absolute Gasteiger partial charge is 0.480 e. The number of nitrogens with two attached hydrogens (primary N) is 1. The first-order valence-corrected chi connectivity index (χ1v) is 5.36. The lowest BCUT2D eigenvalue weighted by atomic mass is 9.86. The number of aliphatic carboxylic acids is 1. The van der Waals surface area contributed by atoms with Gasteiger partial charge in [-0.05, 0) is 11.3 Å². The lowest BCUT2D eigenvalue weighted by Crippen LogP contribution is -2.54. The van der Waals surface area contributed by atoms with Gasteiger partial charge in [0, 0.05) is 0 Å². The summed E-state index contributed by atoms with van der Waals surface area (Å²) in [4.78, 5) is 22.7. The summed E-state index contributed by atoms with van der Waals surface area (Å²) in [5.41, 5.74) is 5.10. The highest BCUT2D eigenvalue weighted by atomic mass is 16.4. The van der Waals surface area contributed by atoms with Crippen molar-refractivity contribution in [2.24, 2.45) is 17.1 Å². The van der Waals surface area contributed by atoms with E-state index in [0.717, 1.165) is 0 Å². The second kappa shape index (κ2) is 5.30. The molecule has 0 aliphatic heterocycles. The molecule has 0 aromatic rings. The standard InChI is InChI=1S/C11H22N2O3/c1-6(2)7(12)9(14)13-8(10(15)16)11(3,4)5/h6-8H,12H2,1-5H3,(H,13,14)(H,15,16)/t7-,8+/m1/s1. The van der Waals surface area contributed by atoms with Crippen molar-refractivity contribution in [2.45, 2.75) is 46.7 Å². The topological polar surface area (TPSA) is 92.4 Å². The predicted molar refractivity (Wildman–Crippen MR) is 61.8 cm³/mol. The second-order valence-electron chi connectivity index (χ2n) is 5.42. The molecule has 0 aliphatic rings. The Bertz CT molecular complexity index is 269. The van der Waals surface area contributed by atoms with E-state index in [0.29, 0.717) is 0 Å². The summed E-state index contributed by atoms with van der Waals surface area (Å²) in [7, 11) is 0. The molecule has 0 spiro atoms. The zero-order valence-corrected chi connectivity index (χ0v) is 10.6. The molecule has 0 aromatic carbocycles. The normalized spacial score (nSPS) is 15.7. The Hall–Kier alpha value is -1.10. The molecule has 0 aliphatic carbocycles. The molecular formula is C11H22N2O3. The number of rotatable bonds is 4. The number of amides is 1. The van der Waals surface area contributed by atoms with Crippen molar-refractivity contribution >= 4 is 11.9 Å². The van der Waals surface area contributed by atoms with Crippen LogP contribution in [0, 0.1) is 11.3 Å². The summed E-state index contributed by atoms with van der Waals surface area (Å²) < 4.78 is 0. The smallest absolute Gasteiger partial charge is 0.326 e. The van der Waals surface area contributed by atoms with E-state index in [2.05, 4.69) is 5.32 Å². The summed E-state index contributed by atoms with van der Waals surface area (Å²) in [5, 5.41) is 11.5. The van der Waals surface area contributed by atoms with Gasteiger partial charge >= 0.3 is 5.97 Å². The van der Waals surface area contributed by atoms with Crippen LogP contribution in [0.2, 0.25) is 0 Å². The first-order chi connectivity index (χ1) is 7.07. The maximum Gasteiger partial charge on any atom is 0.326 e. The third-order valence-corrected chi connectivity index (χ3v) is 2.42. The molecule has 94 valence electrons. The van der Waals surface area contributed by atoms with Crippen molar-refractivity contribution in [1.82, 2.24) is 5.32 Å². The van der Waals surface area contributed by atoms with Crippen molar-refractivity contribution < 1.29 is 14.7 Å². The molecule has 16 heavy (non-hydrogen) atoms. The van der Waals surface area contributed by atoms with E-state index in [9.17, 15) is 9.59 Å². The molecule has 0 aromatic heterocycles. The van der Waals surface area contributed by atoms with Gasteiger partial charge in [-0.3, -0.25) is 4.79 Å². The van der Waals surface area contributed by atoms with Crippen molar-refractivity contribution in [3.63, 3.8) is 0 Å². The average Bonchev–Trinajstić information content (AvgIpc) is 2.09. The molecule has 0 rings (SSSR count). The van der Waals surface area contributed by atoms with Crippen LogP contribution in [0.1, 0.15) is 34.6 Å². The van der Waals surface area contributed by atoms with Crippen LogP contribution in [-0.4, -0.2) is 29.1 Å². The Labute approximate surface area is 96.4 Å². The van der Waals surface area contributed by atoms with Crippen LogP contribution in [0.15, 0.2) is 0 Å². The molecule has 0 saturated heterocycles. The summed E-state index contributed by atoms with van der Waals surface area (Å²) >= 11 is 0. The van der Waals surface area contributed by atoms with E-state index in [1.165, 1.54) is 0 Å². The summed E-state index contributed by atoms with van der Waals surface area (Å²) in [6, 6.07) is -1.60. The lowest BCUT2D eigenvalue weighted by molar-refractivity contribution is -0.145. The van der Waals surface area contributed by atoms with Crippen LogP contribution in [0.3, 0.4) is 0 Å².